The number of rotatable bonds is 9. The number of aryl methyl sites for hydroxylation is 1. The van der Waals surface area contributed by atoms with Gasteiger partial charge in [-0.1, -0.05) is 85.5 Å². The molecule has 0 aliphatic carbocycles. The van der Waals surface area contributed by atoms with E-state index in [2.05, 4.69) is 12.2 Å². The first kappa shape index (κ1) is 24.7. The Kier molecular flexibility index (Phi) is 8.34. The molecule has 1 aliphatic heterocycles. The molecule has 3 aromatic rings. The minimum absolute atomic E-state index is 0.0873. The molecule has 0 unspecified atom stereocenters. The molecule has 0 radical (unpaired) electrons. The molecule has 178 valence electrons. The summed E-state index contributed by atoms with van der Waals surface area (Å²) in [6.45, 7) is 2.52. The van der Waals surface area contributed by atoms with Gasteiger partial charge >= 0.3 is 0 Å². The van der Waals surface area contributed by atoms with Crippen LogP contribution in [0.15, 0.2) is 83.8 Å². The molecule has 5 nitrogen and oxygen atoms in total. The van der Waals surface area contributed by atoms with Crippen molar-refractivity contribution in [2.75, 3.05) is 18.5 Å². The maximum atomic E-state index is 12.9. The third kappa shape index (κ3) is 6.81. The summed E-state index contributed by atoms with van der Waals surface area (Å²) in [7, 11) is 0. The third-order valence-corrected chi connectivity index (χ3v) is 6.89. The number of hydrogen-bond donors (Lipinski definition) is 1. The van der Waals surface area contributed by atoms with Gasteiger partial charge in [0.15, 0.2) is 6.61 Å². The summed E-state index contributed by atoms with van der Waals surface area (Å²) in [6.07, 6.45) is 3.50. The number of carbonyl (C=O) groups excluding carboxylic acids is 2. The molecule has 0 spiro atoms. The predicted octanol–water partition coefficient (Wildman–Crippen LogP) is 5.71. The molecule has 1 N–H and O–H groups in total. The zero-order chi connectivity index (χ0) is 24.6. The van der Waals surface area contributed by atoms with Gasteiger partial charge in [0, 0.05) is 12.2 Å². The van der Waals surface area contributed by atoms with Crippen LogP contribution in [0.5, 0.6) is 5.75 Å². The van der Waals surface area contributed by atoms with Gasteiger partial charge in [0.05, 0.1) is 4.91 Å². The van der Waals surface area contributed by atoms with Gasteiger partial charge in [-0.2, -0.15) is 0 Å². The van der Waals surface area contributed by atoms with Crippen molar-refractivity contribution < 1.29 is 14.3 Å². The van der Waals surface area contributed by atoms with E-state index in [9.17, 15) is 9.59 Å². The third-order valence-electron chi connectivity index (χ3n) is 5.51. The summed E-state index contributed by atoms with van der Waals surface area (Å²) >= 11 is 6.75. The molecule has 0 saturated carbocycles. The first-order valence-electron chi connectivity index (χ1n) is 11.4. The second-order valence-corrected chi connectivity index (χ2v) is 9.70. The number of hydrogen-bond acceptors (Lipinski definition) is 5. The van der Waals surface area contributed by atoms with E-state index in [1.54, 1.807) is 17.0 Å². The zero-order valence-corrected chi connectivity index (χ0v) is 21.0. The van der Waals surface area contributed by atoms with Gasteiger partial charge in [-0.05, 0) is 59.9 Å². The number of amides is 2. The minimum atomic E-state index is -0.237. The fraction of sp³-hybridized carbons (Fsp3) is 0.179. The average Bonchev–Trinajstić information content (AvgIpc) is 3.14. The number of ether oxygens (including phenoxy) is 1. The number of carbonyl (C=O) groups is 2. The summed E-state index contributed by atoms with van der Waals surface area (Å²) in [5.74, 6) is 0.226. The largest absolute Gasteiger partial charge is 0.484 e. The highest BCUT2D eigenvalue weighted by Gasteiger charge is 2.31. The van der Waals surface area contributed by atoms with Crippen molar-refractivity contribution in [3.63, 3.8) is 0 Å². The molecular weight excluding hydrogens is 476 g/mol. The number of thioether (sulfide) groups is 1. The van der Waals surface area contributed by atoms with Crippen molar-refractivity contribution in [3.8, 4) is 5.75 Å². The fourth-order valence-corrected chi connectivity index (χ4v) is 4.90. The smallest absolute Gasteiger partial charge is 0.266 e. The molecule has 1 aliphatic rings. The molecule has 2 amide bonds. The van der Waals surface area contributed by atoms with E-state index in [0.717, 1.165) is 29.7 Å². The molecule has 1 heterocycles. The van der Waals surface area contributed by atoms with Crippen LogP contribution in [-0.4, -0.2) is 34.2 Å². The summed E-state index contributed by atoms with van der Waals surface area (Å²) in [5, 5.41) is 2.83. The van der Waals surface area contributed by atoms with Gasteiger partial charge in [-0.15, -0.1) is 0 Å². The van der Waals surface area contributed by atoms with E-state index in [0.29, 0.717) is 21.5 Å². The summed E-state index contributed by atoms with van der Waals surface area (Å²) < 4.78 is 6.24. The van der Waals surface area contributed by atoms with Crippen LogP contribution in [0.3, 0.4) is 0 Å². The average molecular weight is 503 g/mol. The Hall–Kier alpha value is -3.42. The standard InChI is InChI=1S/C28H26N2O3S2/c1-2-20-11-13-23(14-12-20)29-26(31)19-33-24-10-6-9-22(17-24)18-25-27(32)30(28(34)35-25)16-15-21-7-4-3-5-8-21/h3-14,17-18H,2,15-16,19H2,1H3,(H,29,31)/b25-18-. The lowest BCUT2D eigenvalue weighted by Gasteiger charge is -2.14. The van der Waals surface area contributed by atoms with Crippen LogP contribution < -0.4 is 10.1 Å². The Balaban J connectivity index is 1.33. The van der Waals surface area contributed by atoms with Crippen molar-refractivity contribution in [2.24, 2.45) is 0 Å². The monoisotopic (exact) mass is 502 g/mol. The highest BCUT2D eigenvalue weighted by Crippen LogP contribution is 2.33. The van der Waals surface area contributed by atoms with Gasteiger partial charge in [-0.25, -0.2) is 0 Å². The van der Waals surface area contributed by atoms with Crippen LogP contribution in [0.1, 0.15) is 23.6 Å². The summed E-state index contributed by atoms with van der Waals surface area (Å²) in [6, 6.07) is 25.1. The molecule has 0 bridgehead atoms. The molecule has 35 heavy (non-hydrogen) atoms. The van der Waals surface area contributed by atoms with Crippen molar-refractivity contribution in [3.05, 3.63) is 100 Å². The van der Waals surface area contributed by atoms with Crippen LogP contribution in [0.25, 0.3) is 6.08 Å². The second-order valence-electron chi connectivity index (χ2n) is 8.03. The van der Waals surface area contributed by atoms with Gasteiger partial charge in [0.25, 0.3) is 11.8 Å². The van der Waals surface area contributed by atoms with E-state index >= 15 is 0 Å². The van der Waals surface area contributed by atoms with E-state index in [1.807, 2.05) is 72.8 Å². The molecule has 7 heteroatoms. The number of benzene rings is 3. The lowest BCUT2D eigenvalue weighted by atomic mass is 10.1. The lowest BCUT2D eigenvalue weighted by Crippen LogP contribution is -2.30. The second kappa shape index (κ2) is 11.8. The number of nitrogens with one attached hydrogen (secondary N) is 1. The summed E-state index contributed by atoms with van der Waals surface area (Å²) in [4.78, 5) is 27.4. The van der Waals surface area contributed by atoms with E-state index in [4.69, 9.17) is 17.0 Å². The number of thiocarbonyl (C=S) groups is 1. The molecule has 0 atom stereocenters. The van der Waals surface area contributed by atoms with Crippen LogP contribution in [-0.2, 0) is 22.4 Å². The van der Waals surface area contributed by atoms with E-state index < -0.39 is 0 Å². The normalized spacial score (nSPS) is 14.4. The van der Waals surface area contributed by atoms with E-state index in [-0.39, 0.29) is 18.4 Å². The van der Waals surface area contributed by atoms with Crippen LogP contribution >= 0.6 is 24.0 Å². The number of anilines is 1. The highest BCUT2D eigenvalue weighted by atomic mass is 32.2. The maximum absolute atomic E-state index is 12.9. The van der Waals surface area contributed by atoms with Gasteiger partial charge in [-0.3, -0.25) is 14.5 Å². The SMILES string of the molecule is CCc1ccc(NC(=O)COc2cccc(/C=C3\SC(=S)N(CCc4ccccc4)C3=O)c2)cc1. The molecule has 1 fully saturated rings. The van der Waals surface area contributed by atoms with Crippen molar-refractivity contribution in [2.45, 2.75) is 19.8 Å². The molecule has 4 rings (SSSR count). The first-order chi connectivity index (χ1) is 17.0. The fourth-order valence-electron chi connectivity index (χ4n) is 3.59. The summed E-state index contributed by atoms with van der Waals surface area (Å²) in [5.41, 5.74) is 3.92. The molecule has 0 aromatic heterocycles. The predicted molar refractivity (Wildman–Crippen MR) is 146 cm³/mol. The van der Waals surface area contributed by atoms with Gasteiger partial charge < -0.3 is 10.1 Å². The number of nitrogens with zero attached hydrogens (tertiary/aromatic N) is 1. The maximum Gasteiger partial charge on any atom is 0.266 e. The van der Waals surface area contributed by atoms with Crippen molar-refractivity contribution >= 4 is 51.9 Å². The Labute approximate surface area is 215 Å². The minimum Gasteiger partial charge on any atom is -0.484 e. The van der Waals surface area contributed by atoms with Crippen molar-refractivity contribution in [1.82, 2.24) is 4.90 Å². The van der Waals surface area contributed by atoms with Gasteiger partial charge in [0.1, 0.15) is 10.1 Å². The Morgan fingerprint density at radius 2 is 1.80 bits per heavy atom. The van der Waals surface area contributed by atoms with Gasteiger partial charge in [0.2, 0.25) is 0 Å². The topological polar surface area (TPSA) is 58.6 Å². The first-order valence-corrected chi connectivity index (χ1v) is 12.7. The highest BCUT2D eigenvalue weighted by molar-refractivity contribution is 8.26. The van der Waals surface area contributed by atoms with Crippen LogP contribution in [0.2, 0.25) is 0 Å². The Bertz CT molecular complexity index is 1240. The van der Waals surface area contributed by atoms with Crippen LogP contribution in [0, 0.1) is 0 Å². The lowest BCUT2D eigenvalue weighted by molar-refractivity contribution is -0.122. The molecular formula is C28H26N2O3S2. The molecule has 3 aromatic carbocycles. The van der Waals surface area contributed by atoms with Crippen molar-refractivity contribution in [1.29, 1.82) is 0 Å². The van der Waals surface area contributed by atoms with E-state index in [1.165, 1.54) is 17.3 Å². The quantitative estimate of drug-likeness (QED) is 0.300. The van der Waals surface area contributed by atoms with Crippen LogP contribution in [0.4, 0.5) is 5.69 Å². The Morgan fingerprint density at radius 1 is 1.03 bits per heavy atom. The Morgan fingerprint density at radius 3 is 2.54 bits per heavy atom. The zero-order valence-electron chi connectivity index (χ0n) is 19.4. The molecule has 1 saturated heterocycles.